The average molecular weight is 457 g/mol. The molecule has 3 fully saturated rings. The van der Waals surface area contributed by atoms with Crippen molar-refractivity contribution < 1.29 is 14.3 Å². The van der Waals surface area contributed by atoms with Gasteiger partial charge in [0.15, 0.2) is 0 Å². The zero-order chi connectivity index (χ0) is 23.2. The molecule has 5 rings (SSSR count). The molecule has 0 radical (unpaired) electrons. The topological polar surface area (TPSA) is 98.7 Å². The van der Waals surface area contributed by atoms with E-state index in [-0.39, 0.29) is 24.0 Å². The van der Waals surface area contributed by atoms with E-state index in [9.17, 15) is 4.79 Å². The summed E-state index contributed by atoms with van der Waals surface area (Å²) in [5, 5.41) is 0.868. The summed E-state index contributed by atoms with van der Waals surface area (Å²) in [5.74, 6) is 0.499. The Morgan fingerprint density at radius 3 is 2.82 bits per heavy atom. The summed E-state index contributed by atoms with van der Waals surface area (Å²) >= 11 is 0. The zero-order valence-electron chi connectivity index (χ0n) is 20.0. The number of piperidine rings is 1. The monoisotopic (exact) mass is 456 g/mol. The standard InChI is InChI=1S/C24H36N6O3/c1-23(2,3)33-22(31)28-11-4-9-24(15-28)10-5-12-29(24)14-17-6-7-19(32-17)30-13-8-18-20(25)26-16-27-21(18)30/h8,13,16-17,19H,4-7,9-12,14-15H2,1-3H3,(H2,25,26,27)/t17-,19+,24?/m0/s1. The van der Waals surface area contributed by atoms with Crippen molar-refractivity contribution in [2.24, 2.45) is 0 Å². The lowest BCUT2D eigenvalue weighted by Gasteiger charge is -2.46. The van der Waals surface area contributed by atoms with Crippen molar-refractivity contribution in [3.05, 3.63) is 18.6 Å². The molecule has 0 aliphatic carbocycles. The van der Waals surface area contributed by atoms with Crippen molar-refractivity contribution in [2.45, 2.75) is 82.8 Å². The van der Waals surface area contributed by atoms with Crippen LogP contribution in [0.3, 0.4) is 0 Å². The molecule has 3 aliphatic heterocycles. The van der Waals surface area contributed by atoms with Crippen LogP contribution in [0.15, 0.2) is 18.6 Å². The minimum Gasteiger partial charge on any atom is -0.444 e. The van der Waals surface area contributed by atoms with E-state index in [4.69, 9.17) is 15.2 Å². The van der Waals surface area contributed by atoms with Crippen LogP contribution in [0, 0.1) is 0 Å². The Balaban J connectivity index is 1.25. The van der Waals surface area contributed by atoms with Crippen molar-refractivity contribution >= 4 is 22.9 Å². The fourth-order valence-corrected chi connectivity index (χ4v) is 5.83. The third-order valence-electron chi connectivity index (χ3n) is 7.31. The van der Waals surface area contributed by atoms with Crippen molar-refractivity contribution in [1.29, 1.82) is 0 Å². The van der Waals surface area contributed by atoms with E-state index in [1.165, 1.54) is 6.33 Å². The predicted molar refractivity (Wildman–Crippen MR) is 126 cm³/mol. The van der Waals surface area contributed by atoms with Gasteiger partial charge >= 0.3 is 6.09 Å². The van der Waals surface area contributed by atoms with E-state index in [1.807, 2.05) is 37.9 Å². The third kappa shape index (κ3) is 4.40. The number of rotatable bonds is 3. The molecular formula is C24H36N6O3. The first-order valence-corrected chi connectivity index (χ1v) is 12.2. The highest BCUT2D eigenvalue weighted by atomic mass is 16.6. The van der Waals surface area contributed by atoms with Gasteiger partial charge in [0.05, 0.1) is 11.5 Å². The maximum absolute atomic E-state index is 12.7. The van der Waals surface area contributed by atoms with Gasteiger partial charge in [0.2, 0.25) is 0 Å². The van der Waals surface area contributed by atoms with E-state index >= 15 is 0 Å². The highest BCUT2D eigenvalue weighted by molar-refractivity contribution is 5.86. The van der Waals surface area contributed by atoms with Crippen LogP contribution in [-0.4, -0.2) is 73.9 Å². The molecule has 3 atom stereocenters. The third-order valence-corrected chi connectivity index (χ3v) is 7.31. The Labute approximate surface area is 195 Å². The number of aromatic nitrogens is 3. The molecule has 5 heterocycles. The molecule has 0 aromatic carbocycles. The predicted octanol–water partition coefficient (Wildman–Crippen LogP) is 3.56. The fourth-order valence-electron chi connectivity index (χ4n) is 5.83. The summed E-state index contributed by atoms with van der Waals surface area (Å²) in [4.78, 5) is 25.8. The van der Waals surface area contributed by atoms with Gasteiger partial charge in [-0.15, -0.1) is 0 Å². The van der Waals surface area contributed by atoms with Crippen LogP contribution in [-0.2, 0) is 9.47 Å². The molecule has 1 amide bonds. The van der Waals surface area contributed by atoms with Gasteiger partial charge in [-0.2, -0.15) is 0 Å². The number of nitrogen functional groups attached to an aromatic ring is 1. The van der Waals surface area contributed by atoms with E-state index in [0.29, 0.717) is 5.82 Å². The summed E-state index contributed by atoms with van der Waals surface area (Å²) in [6, 6.07) is 1.96. The van der Waals surface area contributed by atoms with Crippen LogP contribution in [0.1, 0.15) is 65.5 Å². The van der Waals surface area contributed by atoms with Gasteiger partial charge in [-0.1, -0.05) is 0 Å². The number of anilines is 1. The summed E-state index contributed by atoms with van der Waals surface area (Å²) in [6.07, 6.45) is 9.83. The SMILES string of the molecule is CC(C)(C)OC(=O)N1CCCC2(CCCN2C[C@@H]2CC[C@H](n3ccc4c(N)ncnc43)O2)C1. The molecule has 0 bridgehead atoms. The largest absolute Gasteiger partial charge is 0.444 e. The highest BCUT2D eigenvalue weighted by Crippen LogP contribution is 2.40. The number of fused-ring (bicyclic) bond motifs is 1. The summed E-state index contributed by atoms with van der Waals surface area (Å²) in [7, 11) is 0. The molecule has 9 heteroatoms. The van der Waals surface area contributed by atoms with Crippen molar-refractivity contribution in [2.75, 3.05) is 31.9 Å². The number of nitrogens with zero attached hydrogens (tertiary/aromatic N) is 5. The number of carbonyl (C=O) groups excluding carboxylic acids is 1. The molecule has 3 aliphatic rings. The highest BCUT2D eigenvalue weighted by Gasteiger charge is 2.46. The summed E-state index contributed by atoms with van der Waals surface area (Å²) < 4.78 is 14.3. The van der Waals surface area contributed by atoms with Gasteiger partial charge in [-0.05, 0) is 71.9 Å². The first-order chi connectivity index (χ1) is 15.7. The number of hydrogen-bond acceptors (Lipinski definition) is 7. The van der Waals surface area contributed by atoms with Gasteiger partial charge in [-0.3, -0.25) is 4.90 Å². The Morgan fingerprint density at radius 1 is 1.24 bits per heavy atom. The lowest BCUT2D eigenvalue weighted by atomic mass is 9.86. The van der Waals surface area contributed by atoms with E-state index in [2.05, 4.69) is 19.4 Å². The number of nitrogens with two attached hydrogens (primary N) is 1. The van der Waals surface area contributed by atoms with Crippen molar-refractivity contribution in [3.8, 4) is 0 Å². The van der Waals surface area contributed by atoms with Crippen LogP contribution in [0.5, 0.6) is 0 Å². The first kappa shape index (κ1) is 22.4. The number of ether oxygens (including phenoxy) is 2. The molecular weight excluding hydrogens is 420 g/mol. The van der Waals surface area contributed by atoms with E-state index in [0.717, 1.165) is 75.7 Å². The minimum absolute atomic E-state index is 0.0371. The summed E-state index contributed by atoms with van der Waals surface area (Å²) in [5.41, 5.74) is 6.40. The second-order valence-electron chi connectivity index (χ2n) is 10.8. The molecule has 3 saturated heterocycles. The van der Waals surface area contributed by atoms with Crippen LogP contribution in [0.2, 0.25) is 0 Å². The van der Waals surface area contributed by atoms with Gasteiger partial charge in [0.25, 0.3) is 0 Å². The van der Waals surface area contributed by atoms with Gasteiger partial charge in [0, 0.05) is 31.4 Å². The molecule has 0 saturated carbocycles. The quantitative estimate of drug-likeness (QED) is 0.754. The van der Waals surface area contributed by atoms with Crippen LogP contribution in [0.4, 0.5) is 10.6 Å². The van der Waals surface area contributed by atoms with Crippen molar-refractivity contribution in [3.63, 3.8) is 0 Å². The Kier molecular flexibility index (Phi) is 5.73. The van der Waals surface area contributed by atoms with E-state index in [1.54, 1.807) is 0 Å². The van der Waals surface area contributed by atoms with Gasteiger partial charge < -0.3 is 24.7 Å². The fraction of sp³-hybridized carbons (Fsp3) is 0.708. The molecule has 1 unspecified atom stereocenters. The Hall–Kier alpha value is -2.39. The smallest absolute Gasteiger partial charge is 0.410 e. The lowest BCUT2D eigenvalue weighted by Crippen LogP contribution is -2.58. The zero-order valence-corrected chi connectivity index (χ0v) is 20.0. The van der Waals surface area contributed by atoms with Crippen molar-refractivity contribution in [1.82, 2.24) is 24.3 Å². The van der Waals surface area contributed by atoms with Crippen LogP contribution >= 0.6 is 0 Å². The number of carbonyl (C=O) groups is 1. The van der Waals surface area contributed by atoms with Gasteiger partial charge in [-0.25, -0.2) is 14.8 Å². The molecule has 180 valence electrons. The second-order valence-corrected chi connectivity index (χ2v) is 10.8. The normalized spacial score (nSPS) is 28.8. The molecule has 9 nitrogen and oxygen atoms in total. The van der Waals surface area contributed by atoms with E-state index < -0.39 is 5.60 Å². The average Bonchev–Trinajstić information content (AvgIpc) is 3.47. The number of amides is 1. The maximum Gasteiger partial charge on any atom is 0.410 e. The minimum atomic E-state index is -0.470. The van der Waals surface area contributed by atoms with Gasteiger partial charge in [0.1, 0.15) is 29.6 Å². The molecule has 33 heavy (non-hydrogen) atoms. The Morgan fingerprint density at radius 2 is 2.03 bits per heavy atom. The molecule has 1 spiro atoms. The molecule has 2 aromatic rings. The number of likely N-dealkylation sites (tertiary alicyclic amines) is 2. The molecule has 2 aromatic heterocycles. The molecule has 2 N–H and O–H groups in total. The first-order valence-electron chi connectivity index (χ1n) is 12.2. The second kappa shape index (κ2) is 8.43. The van der Waals surface area contributed by atoms with Crippen LogP contribution < -0.4 is 5.73 Å². The van der Waals surface area contributed by atoms with Crippen LogP contribution in [0.25, 0.3) is 11.0 Å². The maximum atomic E-state index is 12.7. The summed E-state index contributed by atoms with van der Waals surface area (Å²) in [6.45, 7) is 9.25. The number of hydrogen-bond donors (Lipinski definition) is 1. The Bertz CT molecular complexity index is 1020. The lowest BCUT2D eigenvalue weighted by molar-refractivity contribution is -0.0399.